The van der Waals surface area contributed by atoms with Crippen LogP contribution in [0.3, 0.4) is 0 Å². The van der Waals surface area contributed by atoms with Gasteiger partial charge in [0.25, 0.3) is 11.8 Å². The summed E-state index contributed by atoms with van der Waals surface area (Å²) in [5.41, 5.74) is 1.00. The van der Waals surface area contributed by atoms with Gasteiger partial charge in [0.05, 0.1) is 25.0 Å². The molecule has 7 nitrogen and oxygen atoms in total. The molecule has 0 radical (unpaired) electrons. The van der Waals surface area contributed by atoms with Crippen LogP contribution in [0.2, 0.25) is 25.7 Å². The number of carbonyl (C=O) groups excluding carboxylic acids is 2. The highest BCUT2D eigenvalue weighted by Crippen LogP contribution is 2.40. The molecule has 2 aliphatic rings. The lowest BCUT2D eigenvalue weighted by molar-refractivity contribution is -0.123. The number of nitrogens with zero attached hydrogens (tertiary/aromatic N) is 2. The van der Waals surface area contributed by atoms with Gasteiger partial charge < -0.3 is 19.1 Å². The van der Waals surface area contributed by atoms with Gasteiger partial charge in [0.2, 0.25) is 0 Å². The molecule has 2 atom stereocenters. The Kier molecular flexibility index (Phi) is 9.46. The number of unbranched alkanes of at least 4 members (excludes halogenated alkanes) is 2. The average molecular weight is 556 g/mol. The first-order valence-electron chi connectivity index (χ1n) is 12.3. The predicted octanol–water partition coefficient (Wildman–Crippen LogP) is 5.15. The van der Waals surface area contributed by atoms with E-state index in [0.717, 1.165) is 30.6 Å². The van der Waals surface area contributed by atoms with Crippen LogP contribution in [0.4, 0.5) is 5.69 Å². The molecule has 3 rings (SSSR count). The molecule has 0 saturated carbocycles. The Bertz CT molecular complexity index is 876. The van der Waals surface area contributed by atoms with Gasteiger partial charge in [-0.05, 0) is 43.7 Å². The molecular weight excluding hydrogens is 516 g/mol. The highest BCUT2D eigenvalue weighted by atomic mass is 79.9. The third-order valence-electron chi connectivity index (χ3n) is 6.38. The van der Waals surface area contributed by atoms with Crippen LogP contribution in [0, 0.1) is 5.92 Å². The van der Waals surface area contributed by atoms with Gasteiger partial charge in [-0.25, -0.2) is 0 Å². The summed E-state index contributed by atoms with van der Waals surface area (Å²) in [7, 11) is 0.313. The fourth-order valence-corrected chi connectivity index (χ4v) is 5.55. The maximum Gasteiger partial charge on any atom is 0.256 e. The molecule has 1 aromatic rings. The maximum atomic E-state index is 13.7. The molecule has 1 saturated heterocycles. The molecule has 190 valence electrons. The third-order valence-corrected chi connectivity index (χ3v) is 8.64. The number of alkyl halides is 1. The molecule has 0 aliphatic carbocycles. The van der Waals surface area contributed by atoms with Gasteiger partial charge in [-0.15, -0.1) is 0 Å². The van der Waals surface area contributed by atoms with Gasteiger partial charge >= 0.3 is 0 Å². The Morgan fingerprint density at radius 2 is 1.85 bits per heavy atom. The summed E-state index contributed by atoms with van der Waals surface area (Å²) in [4.78, 5) is 30.5. The first-order valence-corrected chi connectivity index (χ1v) is 17.1. The standard InChI is InChI=1S/C25H39BrN2O5Si/c1-18-13-21-25(30)28(17-32-11-12-34(3,4)5)20-15-23(33-10-8-6-7-9-26)22(31-2)14-19(20)24(29)27(21)16-18/h14-15,18,21H,6-13,16-17H2,1-5H3/t18-,21+/m1/s1. The van der Waals surface area contributed by atoms with Crippen molar-refractivity contribution in [1.82, 2.24) is 4.90 Å². The van der Waals surface area contributed by atoms with E-state index in [-0.39, 0.29) is 24.5 Å². The lowest BCUT2D eigenvalue weighted by Gasteiger charge is -2.26. The molecule has 1 aromatic carbocycles. The molecule has 1 fully saturated rings. The quantitative estimate of drug-likeness (QED) is 0.203. The SMILES string of the molecule is COc1cc2c(cc1OCCCCCBr)N(COCC[Si](C)(C)C)C(=O)[C@@H]1C[C@@H](C)CN1C2=O. The topological polar surface area (TPSA) is 68.3 Å². The number of halogens is 1. The van der Waals surface area contributed by atoms with Crippen LogP contribution in [0.5, 0.6) is 11.5 Å². The zero-order valence-corrected chi connectivity index (χ0v) is 23.8. The number of amides is 2. The number of hydrogen-bond donors (Lipinski definition) is 0. The monoisotopic (exact) mass is 554 g/mol. The molecular formula is C25H39BrN2O5Si. The van der Waals surface area contributed by atoms with E-state index in [9.17, 15) is 9.59 Å². The van der Waals surface area contributed by atoms with Crippen LogP contribution in [0.15, 0.2) is 12.1 Å². The lowest BCUT2D eigenvalue weighted by atomic mass is 10.1. The summed E-state index contributed by atoms with van der Waals surface area (Å²) in [5, 5.41) is 0.975. The number of methoxy groups -OCH3 is 1. The highest BCUT2D eigenvalue weighted by molar-refractivity contribution is 9.09. The second kappa shape index (κ2) is 11.9. The van der Waals surface area contributed by atoms with Gasteiger partial charge in [0.15, 0.2) is 11.5 Å². The second-order valence-electron chi connectivity index (χ2n) is 10.5. The largest absolute Gasteiger partial charge is 0.493 e. The van der Waals surface area contributed by atoms with E-state index in [2.05, 4.69) is 42.5 Å². The maximum absolute atomic E-state index is 13.7. The predicted molar refractivity (Wildman–Crippen MR) is 141 cm³/mol. The van der Waals surface area contributed by atoms with Crippen molar-refractivity contribution >= 4 is 41.5 Å². The summed E-state index contributed by atoms with van der Waals surface area (Å²) in [5.74, 6) is 1.11. The van der Waals surface area contributed by atoms with Gasteiger partial charge in [0.1, 0.15) is 12.8 Å². The molecule has 34 heavy (non-hydrogen) atoms. The van der Waals surface area contributed by atoms with Crippen LogP contribution in [-0.4, -0.2) is 69.8 Å². The Morgan fingerprint density at radius 1 is 1.09 bits per heavy atom. The third kappa shape index (κ3) is 6.54. The van der Waals surface area contributed by atoms with Crippen LogP contribution in [0.25, 0.3) is 0 Å². The molecule has 0 spiro atoms. The number of carbonyl (C=O) groups is 2. The van der Waals surface area contributed by atoms with Crippen molar-refractivity contribution in [1.29, 1.82) is 0 Å². The van der Waals surface area contributed by atoms with Gasteiger partial charge in [-0.1, -0.05) is 42.5 Å². The highest BCUT2D eigenvalue weighted by Gasteiger charge is 2.45. The number of ether oxygens (including phenoxy) is 3. The minimum atomic E-state index is -1.26. The van der Waals surface area contributed by atoms with Crippen molar-refractivity contribution in [3.63, 3.8) is 0 Å². The van der Waals surface area contributed by atoms with Gasteiger partial charge in [0, 0.05) is 32.6 Å². The number of anilines is 1. The summed E-state index contributed by atoms with van der Waals surface area (Å²) in [6.07, 6.45) is 3.73. The van der Waals surface area contributed by atoms with Crippen molar-refractivity contribution in [2.45, 2.75) is 64.3 Å². The zero-order chi connectivity index (χ0) is 24.9. The van der Waals surface area contributed by atoms with Crippen molar-refractivity contribution in [2.24, 2.45) is 5.92 Å². The molecule has 0 N–H and O–H groups in total. The van der Waals surface area contributed by atoms with Crippen LogP contribution in [-0.2, 0) is 9.53 Å². The number of benzene rings is 1. The van der Waals surface area contributed by atoms with E-state index in [0.29, 0.717) is 48.9 Å². The average Bonchev–Trinajstić information content (AvgIpc) is 3.16. The lowest BCUT2D eigenvalue weighted by Crippen LogP contribution is -2.45. The molecule has 0 unspecified atom stereocenters. The first kappa shape index (κ1) is 27.0. The van der Waals surface area contributed by atoms with Crippen LogP contribution >= 0.6 is 15.9 Å². The van der Waals surface area contributed by atoms with Gasteiger partial charge in [-0.2, -0.15) is 0 Å². The normalized spacial score (nSPS) is 20.3. The summed E-state index contributed by atoms with van der Waals surface area (Å²) < 4.78 is 17.6. The van der Waals surface area contributed by atoms with Crippen LogP contribution in [0.1, 0.15) is 43.0 Å². The van der Waals surface area contributed by atoms with E-state index < -0.39 is 14.1 Å². The van der Waals surface area contributed by atoms with Crippen molar-refractivity contribution < 1.29 is 23.8 Å². The Morgan fingerprint density at radius 3 is 2.53 bits per heavy atom. The molecule has 0 bridgehead atoms. The van der Waals surface area contributed by atoms with E-state index in [1.807, 2.05) is 0 Å². The van der Waals surface area contributed by atoms with Crippen molar-refractivity contribution in [2.75, 3.05) is 43.8 Å². The smallest absolute Gasteiger partial charge is 0.256 e. The van der Waals surface area contributed by atoms with Crippen LogP contribution < -0.4 is 14.4 Å². The van der Waals surface area contributed by atoms with Crippen molar-refractivity contribution in [3.8, 4) is 11.5 Å². The minimum absolute atomic E-state index is 0.0853. The summed E-state index contributed by atoms with van der Waals surface area (Å²) >= 11 is 3.45. The minimum Gasteiger partial charge on any atom is -0.493 e. The molecule has 2 amide bonds. The summed E-state index contributed by atoms with van der Waals surface area (Å²) in [6.45, 7) is 10.8. The number of fused-ring (bicyclic) bond motifs is 2. The molecule has 0 aromatic heterocycles. The molecule has 2 heterocycles. The van der Waals surface area contributed by atoms with E-state index in [1.54, 1.807) is 29.0 Å². The zero-order valence-electron chi connectivity index (χ0n) is 21.2. The first-order chi connectivity index (χ1) is 16.2. The molecule has 2 aliphatic heterocycles. The van der Waals surface area contributed by atoms with Crippen molar-refractivity contribution in [3.05, 3.63) is 17.7 Å². The van der Waals surface area contributed by atoms with E-state index in [4.69, 9.17) is 14.2 Å². The Hall–Kier alpha value is -1.58. The summed E-state index contributed by atoms with van der Waals surface area (Å²) in [6, 6.07) is 4.05. The number of hydrogen-bond acceptors (Lipinski definition) is 5. The molecule has 9 heteroatoms. The second-order valence-corrected chi connectivity index (χ2v) is 17.0. The number of rotatable bonds is 12. The van der Waals surface area contributed by atoms with E-state index >= 15 is 0 Å². The fourth-order valence-electron chi connectivity index (χ4n) is 4.40. The van der Waals surface area contributed by atoms with E-state index in [1.165, 1.54) is 0 Å². The Balaban J connectivity index is 1.91. The fraction of sp³-hybridized carbons (Fsp3) is 0.680. The Labute approximate surface area is 213 Å². The van der Waals surface area contributed by atoms with Gasteiger partial charge in [-0.3, -0.25) is 14.5 Å².